The predicted molar refractivity (Wildman–Crippen MR) is 137 cm³/mol. The van der Waals surface area contributed by atoms with Gasteiger partial charge in [0, 0.05) is 39.7 Å². The molecule has 0 bridgehead atoms. The van der Waals surface area contributed by atoms with E-state index < -0.39 is 5.79 Å². The van der Waals surface area contributed by atoms with Gasteiger partial charge in [0.1, 0.15) is 0 Å². The third kappa shape index (κ3) is 4.15. The number of fused-ring (bicyclic) bond motifs is 1. The zero-order chi connectivity index (χ0) is 22.3. The smallest absolute Gasteiger partial charge is 0.246 e. The first kappa shape index (κ1) is 21.1. The van der Waals surface area contributed by atoms with E-state index in [1.165, 1.54) is 0 Å². The van der Waals surface area contributed by atoms with Gasteiger partial charge in [-0.25, -0.2) is 0 Å². The van der Waals surface area contributed by atoms with Crippen LogP contribution in [0.3, 0.4) is 0 Å². The Morgan fingerprint density at radius 3 is 1.84 bits per heavy atom. The SMILES string of the molecule is CC1(C)Oc2ccc(-c3ccccc3N(c3ccc(Br)cc3)c3ccc(Br)cc3)cc2O1. The van der Waals surface area contributed by atoms with E-state index in [9.17, 15) is 0 Å². The highest BCUT2D eigenvalue weighted by molar-refractivity contribution is 9.10. The van der Waals surface area contributed by atoms with Crippen molar-refractivity contribution in [2.45, 2.75) is 19.6 Å². The maximum absolute atomic E-state index is 6.01. The molecule has 1 heterocycles. The molecule has 0 fully saturated rings. The first-order valence-electron chi connectivity index (χ1n) is 10.3. The molecule has 1 aliphatic rings. The lowest BCUT2D eigenvalue weighted by atomic mass is 10.0. The van der Waals surface area contributed by atoms with Crippen LogP contribution in [-0.4, -0.2) is 5.79 Å². The lowest BCUT2D eigenvalue weighted by Gasteiger charge is -2.28. The second kappa shape index (κ2) is 8.30. The number of hydrogen-bond acceptors (Lipinski definition) is 3. The van der Waals surface area contributed by atoms with Crippen LogP contribution in [0.1, 0.15) is 13.8 Å². The number of benzene rings is 4. The fourth-order valence-electron chi connectivity index (χ4n) is 3.91. The molecule has 0 unspecified atom stereocenters. The van der Waals surface area contributed by atoms with Crippen molar-refractivity contribution >= 4 is 48.9 Å². The van der Waals surface area contributed by atoms with Crippen molar-refractivity contribution in [3.63, 3.8) is 0 Å². The summed E-state index contributed by atoms with van der Waals surface area (Å²) in [5.74, 6) is 0.886. The van der Waals surface area contributed by atoms with E-state index in [2.05, 4.69) is 122 Å². The lowest BCUT2D eigenvalue weighted by molar-refractivity contribution is -0.0431. The number of para-hydroxylation sites is 1. The van der Waals surface area contributed by atoms with Gasteiger partial charge < -0.3 is 14.4 Å². The van der Waals surface area contributed by atoms with Crippen LogP contribution in [0, 0.1) is 0 Å². The second-order valence-corrected chi connectivity index (χ2v) is 9.90. The molecule has 0 saturated carbocycles. The Hall–Kier alpha value is -2.76. The van der Waals surface area contributed by atoms with Crippen molar-refractivity contribution in [2.24, 2.45) is 0 Å². The standard InChI is InChI=1S/C27H21Br2NO2/c1-27(2)31-25-16-7-18(17-26(25)32-27)23-5-3-4-6-24(23)30(21-12-8-19(28)9-13-21)22-14-10-20(29)11-15-22/h3-17H,1-2H3. The van der Waals surface area contributed by atoms with Crippen LogP contribution in [-0.2, 0) is 0 Å². The summed E-state index contributed by atoms with van der Waals surface area (Å²) in [7, 11) is 0. The lowest BCUT2D eigenvalue weighted by Crippen LogP contribution is -2.29. The van der Waals surface area contributed by atoms with Gasteiger partial charge in [0.05, 0.1) is 5.69 Å². The molecule has 0 spiro atoms. The number of halogens is 2. The Morgan fingerprint density at radius 2 is 1.22 bits per heavy atom. The molecule has 0 aliphatic carbocycles. The van der Waals surface area contributed by atoms with Crippen LogP contribution < -0.4 is 14.4 Å². The molecule has 0 aromatic heterocycles. The minimum atomic E-state index is -0.651. The summed E-state index contributed by atoms with van der Waals surface area (Å²) in [4.78, 5) is 2.27. The van der Waals surface area contributed by atoms with Gasteiger partial charge in [-0.05, 0) is 72.3 Å². The Balaban J connectivity index is 1.66. The molecule has 1 aliphatic heterocycles. The molecule has 0 atom stereocenters. The van der Waals surface area contributed by atoms with Crippen molar-refractivity contribution in [3.05, 3.63) is 99.9 Å². The van der Waals surface area contributed by atoms with Gasteiger partial charge in [0.2, 0.25) is 5.79 Å². The zero-order valence-electron chi connectivity index (χ0n) is 17.7. The number of hydrogen-bond donors (Lipinski definition) is 0. The topological polar surface area (TPSA) is 21.7 Å². The second-order valence-electron chi connectivity index (χ2n) is 8.07. The van der Waals surface area contributed by atoms with E-state index in [0.29, 0.717) is 0 Å². The molecule has 32 heavy (non-hydrogen) atoms. The van der Waals surface area contributed by atoms with Crippen molar-refractivity contribution in [3.8, 4) is 22.6 Å². The fraction of sp³-hybridized carbons (Fsp3) is 0.111. The molecule has 5 heteroatoms. The monoisotopic (exact) mass is 549 g/mol. The molecular formula is C27H21Br2NO2. The number of rotatable bonds is 4. The minimum Gasteiger partial charge on any atom is -0.449 e. The van der Waals surface area contributed by atoms with E-state index in [1.807, 2.05) is 19.9 Å². The van der Waals surface area contributed by atoms with Gasteiger partial charge in [0.25, 0.3) is 0 Å². The van der Waals surface area contributed by atoms with E-state index in [4.69, 9.17) is 9.47 Å². The molecule has 0 amide bonds. The molecule has 5 rings (SSSR count). The predicted octanol–water partition coefficient (Wildman–Crippen LogP) is 8.86. The van der Waals surface area contributed by atoms with E-state index >= 15 is 0 Å². The molecule has 0 radical (unpaired) electrons. The van der Waals surface area contributed by atoms with Crippen LogP contribution in [0.25, 0.3) is 11.1 Å². The molecule has 0 N–H and O–H groups in total. The van der Waals surface area contributed by atoms with Crippen molar-refractivity contribution in [1.82, 2.24) is 0 Å². The maximum Gasteiger partial charge on any atom is 0.246 e. The first-order chi connectivity index (χ1) is 15.4. The van der Waals surface area contributed by atoms with Gasteiger partial charge in [-0.2, -0.15) is 0 Å². The largest absolute Gasteiger partial charge is 0.449 e. The van der Waals surface area contributed by atoms with E-state index in [1.54, 1.807) is 0 Å². The summed E-state index contributed by atoms with van der Waals surface area (Å²) < 4.78 is 14.0. The summed E-state index contributed by atoms with van der Waals surface area (Å²) in [5.41, 5.74) is 5.40. The molecule has 3 nitrogen and oxygen atoms in total. The molecule has 4 aromatic rings. The Labute approximate surface area is 204 Å². The molecular weight excluding hydrogens is 530 g/mol. The highest BCUT2D eigenvalue weighted by atomic mass is 79.9. The van der Waals surface area contributed by atoms with Crippen molar-refractivity contribution < 1.29 is 9.47 Å². The Bertz CT molecular complexity index is 1220. The molecule has 4 aromatic carbocycles. The highest BCUT2D eigenvalue weighted by Crippen LogP contribution is 2.45. The van der Waals surface area contributed by atoms with Gasteiger partial charge in [-0.1, -0.05) is 56.1 Å². The van der Waals surface area contributed by atoms with E-state index in [-0.39, 0.29) is 0 Å². The van der Waals surface area contributed by atoms with Crippen LogP contribution in [0.5, 0.6) is 11.5 Å². The normalized spacial score (nSPS) is 13.8. The third-order valence-corrected chi connectivity index (χ3v) is 6.34. The number of nitrogens with zero attached hydrogens (tertiary/aromatic N) is 1. The van der Waals surface area contributed by atoms with Gasteiger partial charge >= 0.3 is 0 Å². The maximum atomic E-state index is 6.01. The quantitative estimate of drug-likeness (QED) is 0.253. The first-order valence-corrected chi connectivity index (χ1v) is 11.9. The fourth-order valence-corrected chi connectivity index (χ4v) is 4.44. The Morgan fingerprint density at radius 1 is 0.656 bits per heavy atom. The number of anilines is 3. The van der Waals surface area contributed by atoms with Crippen molar-refractivity contribution in [2.75, 3.05) is 4.90 Å². The van der Waals surface area contributed by atoms with Crippen LogP contribution in [0.4, 0.5) is 17.1 Å². The summed E-state index contributed by atoms with van der Waals surface area (Å²) in [6.45, 7) is 3.84. The van der Waals surface area contributed by atoms with Gasteiger partial charge in [-0.3, -0.25) is 0 Å². The summed E-state index contributed by atoms with van der Waals surface area (Å²) in [5, 5.41) is 0. The highest BCUT2D eigenvalue weighted by Gasteiger charge is 2.32. The summed E-state index contributed by atoms with van der Waals surface area (Å²) in [6.07, 6.45) is 0. The van der Waals surface area contributed by atoms with Crippen LogP contribution >= 0.6 is 31.9 Å². The Kier molecular flexibility index (Phi) is 5.48. The third-order valence-electron chi connectivity index (χ3n) is 5.28. The van der Waals surface area contributed by atoms with E-state index in [0.717, 1.165) is 48.6 Å². The summed E-state index contributed by atoms with van der Waals surface area (Å²) in [6, 6.07) is 31.3. The van der Waals surface area contributed by atoms with Crippen LogP contribution in [0.15, 0.2) is 99.9 Å². The average molecular weight is 551 g/mol. The van der Waals surface area contributed by atoms with Crippen LogP contribution in [0.2, 0.25) is 0 Å². The summed E-state index contributed by atoms with van der Waals surface area (Å²) >= 11 is 7.11. The average Bonchev–Trinajstić information content (AvgIpc) is 3.10. The molecule has 160 valence electrons. The van der Waals surface area contributed by atoms with Gasteiger partial charge in [-0.15, -0.1) is 0 Å². The number of ether oxygens (including phenoxy) is 2. The van der Waals surface area contributed by atoms with Crippen molar-refractivity contribution in [1.29, 1.82) is 0 Å². The van der Waals surface area contributed by atoms with Gasteiger partial charge in [0.15, 0.2) is 11.5 Å². The molecule has 0 saturated heterocycles. The minimum absolute atomic E-state index is 0.651. The zero-order valence-corrected chi connectivity index (χ0v) is 20.9.